The number of anilines is 1. The Hall–Kier alpha value is -3.48. The number of benzene rings is 3. The van der Waals surface area contributed by atoms with Crippen LogP contribution in [0.3, 0.4) is 0 Å². The SMILES string of the molecule is CCCS(=O)(=O)N1CCN(Cc2ccc(NC(=O)c3ccc(-c4ccc(-c5cnc([C@@H]6CCCN6)[nH]5)cc4)cc3)cc2)CC1.S. The van der Waals surface area contributed by atoms with E-state index in [1.54, 1.807) is 4.31 Å². The fourth-order valence-corrected chi connectivity index (χ4v) is 7.44. The van der Waals surface area contributed by atoms with Gasteiger partial charge in [0.25, 0.3) is 5.91 Å². The van der Waals surface area contributed by atoms with Crippen molar-refractivity contribution in [2.75, 3.05) is 43.8 Å². The molecule has 0 spiro atoms. The Morgan fingerprint density at radius 2 is 1.56 bits per heavy atom. The number of imidazole rings is 1. The number of carbonyl (C=O) groups excluding carboxylic acids is 1. The van der Waals surface area contributed by atoms with Crippen LogP contribution in [0.5, 0.6) is 0 Å². The van der Waals surface area contributed by atoms with Crippen molar-refractivity contribution in [2.45, 2.75) is 38.8 Å². The number of H-pyrrole nitrogens is 1. The van der Waals surface area contributed by atoms with Gasteiger partial charge in [-0.05, 0) is 72.3 Å². The monoisotopic (exact) mass is 646 g/mol. The zero-order valence-electron chi connectivity index (χ0n) is 25.6. The van der Waals surface area contributed by atoms with E-state index < -0.39 is 10.0 Å². The Morgan fingerprint density at radius 1 is 0.911 bits per heavy atom. The van der Waals surface area contributed by atoms with Gasteiger partial charge in [-0.3, -0.25) is 9.69 Å². The van der Waals surface area contributed by atoms with Gasteiger partial charge in [-0.15, -0.1) is 0 Å². The first-order chi connectivity index (χ1) is 21.4. The number of aromatic nitrogens is 2. The topological polar surface area (TPSA) is 110 Å². The molecule has 11 heteroatoms. The third kappa shape index (κ3) is 8.03. The number of nitrogens with zero attached hydrogens (tertiary/aromatic N) is 3. The van der Waals surface area contributed by atoms with Crippen LogP contribution in [-0.2, 0) is 16.6 Å². The van der Waals surface area contributed by atoms with E-state index in [0.29, 0.717) is 44.2 Å². The molecule has 2 aliphatic rings. The number of sulfonamides is 1. The number of aromatic amines is 1. The fourth-order valence-electron chi connectivity index (χ4n) is 5.94. The van der Waals surface area contributed by atoms with E-state index in [9.17, 15) is 13.2 Å². The number of amides is 1. The van der Waals surface area contributed by atoms with Crippen molar-refractivity contribution in [3.63, 3.8) is 0 Å². The van der Waals surface area contributed by atoms with E-state index in [1.165, 1.54) is 6.42 Å². The molecule has 0 unspecified atom stereocenters. The zero-order valence-corrected chi connectivity index (χ0v) is 27.4. The lowest BCUT2D eigenvalue weighted by atomic mass is 10.0. The molecule has 1 atom stereocenters. The highest BCUT2D eigenvalue weighted by Crippen LogP contribution is 2.27. The van der Waals surface area contributed by atoms with E-state index in [2.05, 4.69) is 49.8 Å². The molecule has 4 aromatic rings. The Kier molecular flexibility index (Phi) is 10.8. The van der Waals surface area contributed by atoms with Gasteiger partial charge in [0.15, 0.2) is 0 Å². The molecule has 3 aromatic carbocycles. The molecule has 0 bridgehead atoms. The average Bonchev–Trinajstić information content (AvgIpc) is 3.76. The number of hydrogen-bond acceptors (Lipinski definition) is 6. The maximum Gasteiger partial charge on any atom is 0.255 e. The minimum Gasteiger partial charge on any atom is -0.341 e. The highest BCUT2D eigenvalue weighted by atomic mass is 32.2. The summed E-state index contributed by atoms with van der Waals surface area (Å²) in [4.78, 5) is 23.2. The second kappa shape index (κ2) is 14.7. The van der Waals surface area contributed by atoms with Crippen LogP contribution >= 0.6 is 13.5 Å². The lowest BCUT2D eigenvalue weighted by molar-refractivity contribution is 0.102. The van der Waals surface area contributed by atoms with E-state index in [-0.39, 0.29) is 25.2 Å². The predicted molar refractivity (Wildman–Crippen MR) is 185 cm³/mol. The first-order valence-electron chi connectivity index (χ1n) is 15.5. The van der Waals surface area contributed by atoms with Crippen molar-refractivity contribution in [2.24, 2.45) is 0 Å². The van der Waals surface area contributed by atoms with Crippen LogP contribution < -0.4 is 10.6 Å². The number of piperazine rings is 1. The van der Waals surface area contributed by atoms with Crippen molar-refractivity contribution in [1.82, 2.24) is 24.5 Å². The standard InChI is InChI=1S/C34H40N6O3S.H2S/c1-2-22-44(42,43)40-20-18-39(19-21-40)24-25-5-15-30(16-6-25)37-34(41)29-13-9-27(10-14-29)26-7-11-28(12-8-26)32-23-36-33(38-32)31-4-3-17-35-31;/h5-16,23,31,35H,2-4,17-22,24H2,1H3,(H,36,38)(H,37,41);1H2/t31-;/m0./s1. The second-order valence-corrected chi connectivity index (χ2v) is 13.7. The normalized spacial score (nSPS) is 17.6. The third-order valence-electron chi connectivity index (χ3n) is 8.47. The number of nitrogens with one attached hydrogen (secondary N) is 3. The van der Waals surface area contributed by atoms with Crippen LogP contribution in [0, 0.1) is 0 Å². The average molecular weight is 647 g/mol. The number of rotatable bonds is 10. The summed E-state index contributed by atoms with van der Waals surface area (Å²) in [5, 5.41) is 6.47. The molecule has 2 fully saturated rings. The summed E-state index contributed by atoms with van der Waals surface area (Å²) in [5.41, 5.74) is 6.68. The van der Waals surface area contributed by atoms with Gasteiger partial charge in [0.2, 0.25) is 10.0 Å². The predicted octanol–water partition coefficient (Wildman–Crippen LogP) is 5.39. The molecule has 0 saturated carbocycles. The van der Waals surface area contributed by atoms with Gasteiger partial charge < -0.3 is 15.6 Å². The van der Waals surface area contributed by atoms with E-state index in [4.69, 9.17) is 0 Å². The maximum absolute atomic E-state index is 12.9. The molecule has 45 heavy (non-hydrogen) atoms. The summed E-state index contributed by atoms with van der Waals surface area (Å²) in [6.07, 6.45) is 4.83. The van der Waals surface area contributed by atoms with Crippen molar-refractivity contribution < 1.29 is 13.2 Å². The molecule has 0 radical (unpaired) electrons. The first-order valence-corrected chi connectivity index (χ1v) is 17.1. The van der Waals surface area contributed by atoms with Gasteiger partial charge in [-0.2, -0.15) is 17.8 Å². The van der Waals surface area contributed by atoms with Crippen LogP contribution in [0.1, 0.15) is 54.0 Å². The Labute approximate surface area is 272 Å². The lowest BCUT2D eigenvalue weighted by Gasteiger charge is -2.34. The Balaban J connectivity index is 0.00000400. The molecular weight excluding hydrogens is 605 g/mol. The van der Waals surface area contributed by atoms with Crippen LogP contribution in [0.15, 0.2) is 79.0 Å². The van der Waals surface area contributed by atoms with Crippen molar-refractivity contribution >= 4 is 35.1 Å². The van der Waals surface area contributed by atoms with Gasteiger partial charge in [0.1, 0.15) is 5.82 Å². The molecule has 1 amide bonds. The molecule has 3 N–H and O–H groups in total. The Morgan fingerprint density at radius 3 is 2.18 bits per heavy atom. The minimum absolute atomic E-state index is 0. The van der Waals surface area contributed by atoms with Crippen LogP contribution in [0.25, 0.3) is 22.4 Å². The van der Waals surface area contributed by atoms with E-state index in [0.717, 1.165) is 59.0 Å². The Bertz CT molecular complexity index is 1660. The highest BCUT2D eigenvalue weighted by Gasteiger charge is 2.26. The van der Waals surface area contributed by atoms with Crippen molar-refractivity contribution in [3.8, 4) is 22.4 Å². The number of carbonyl (C=O) groups is 1. The zero-order chi connectivity index (χ0) is 30.5. The summed E-state index contributed by atoms with van der Waals surface area (Å²) >= 11 is 0. The summed E-state index contributed by atoms with van der Waals surface area (Å²) in [6, 6.07) is 24.2. The van der Waals surface area contributed by atoms with Gasteiger partial charge in [0.05, 0.1) is 23.7 Å². The van der Waals surface area contributed by atoms with Crippen molar-refractivity contribution in [1.29, 1.82) is 0 Å². The summed E-state index contributed by atoms with van der Waals surface area (Å²) in [7, 11) is -3.14. The van der Waals surface area contributed by atoms with Gasteiger partial charge >= 0.3 is 0 Å². The highest BCUT2D eigenvalue weighted by molar-refractivity contribution is 7.89. The second-order valence-electron chi connectivity index (χ2n) is 11.6. The molecule has 3 heterocycles. The van der Waals surface area contributed by atoms with Crippen LogP contribution in [0.2, 0.25) is 0 Å². The lowest BCUT2D eigenvalue weighted by Crippen LogP contribution is -2.48. The first kappa shape index (κ1) is 32.9. The quantitative estimate of drug-likeness (QED) is 0.213. The summed E-state index contributed by atoms with van der Waals surface area (Å²) in [6.45, 7) is 6.17. The van der Waals surface area contributed by atoms with Gasteiger partial charge in [0, 0.05) is 44.0 Å². The molecule has 1 aromatic heterocycles. The van der Waals surface area contributed by atoms with Crippen LogP contribution in [0.4, 0.5) is 5.69 Å². The molecule has 9 nitrogen and oxygen atoms in total. The number of hydrogen-bond donors (Lipinski definition) is 3. The molecule has 0 aliphatic carbocycles. The third-order valence-corrected chi connectivity index (χ3v) is 10.5. The van der Waals surface area contributed by atoms with E-state index in [1.807, 2.05) is 61.7 Å². The summed E-state index contributed by atoms with van der Waals surface area (Å²) < 4.78 is 26.2. The molecule has 2 saturated heterocycles. The summed E-state index contributed by atoms with van der Waals surface area (Å²) in [5.74, 6) is 1.06. The van der Waals surface area contributed by atoms with Crippen molar-refractivity contribution in [3.05, 3.63) is 95.9 Å². The smallest absolute Gasteiger partial charge is 0.255 e. The molecular formula is C34H42N6O3S2. The molecule has 238 valence electrons. The molecule has 2 aliphatic heterocycles. The largest absolute Gasteiger partial charge is 0.341 e. The van der Waals surface area contributed by atoms with Gasteiger partial charge in [-0.25, -0.2) is 13.4 Å². The van der Waals surface area contributed by atoms with E-state index >= 15 is 0 Å². The van der Waals surface area contributed by atoms with Crippen LogP contribution in [-0.4, -0.2) is 72.0 Å². The molecule has 6 rings (SSSR count). The minimum atomic E-state index is -3.14. The van der Waals surface area contributed by atoms with Gasteiger partial charge in [-0.1, -0.05) is 55.5 Å². The maximum atomic E-state index is 12.9. The fraction of sp³-hybridized carbons (Fsp3) is 0.353.